The predicted octanol–water partition coefficient (Wildman–Crippen LogP) is 1.62. The number of benzene rings is 2. The Bertz CT molecular complexity index is 917. The molecule has 0 unspecified atom stereocenters. The smallest absolute Gasteiger partial charge is 0.272 e. The van der Waals surface area contributed by atoms with Gasteiger partial charge in [-0.05, 0) is 11.6 Å². The number of H-pyrrole nitrogens is 1. The number of amides is 1. The minimum absolute atomic E-state index is 0.0312. The summed E-state index contributed by atoms with van der Waals surface area (Å²) >= 11 is 0. The van der Waals surface area contributed by atoms with Crippen LogP contribution in [-0.4, -0.2) is 22.3 Å². The maximum absolute atomic E-state index is 12.0. The van der Waals surface area contributed by atoms with Crippen LogP contribution in [0.2, 0.25) is 0 Å². The normalized spacial score (nSPS) is 11.0. The van der Waals surface area contributed by atoms with Crippen LogP contribution in [0.15, 0.2) is 64.5 Å². The fourth-order valence-electron chi connectivity index (χ4n) is 2.22. The molecule has 0 aliphatic rings. The summed E-state index contributed by atoms with van der Waals surface area (Å²) in [5.41, 5.74) is 3.58. The van der Waals surface area contributed by atoms with E-state index in [1.807, 2.05) is 30.3 Å². The molecule has 6 heteroatoms. The van der Waals surface area contributed by atoms with Crippen molar-refractivity contribution in [2.45, 2.75) is 6.42 Å². The van der Waals surface area contributed by atoms with E-state index in [1.54, 1.807) is 30.5 Å². The third-order valence-corrected chi connectivity index (χ3v) is 3.31. The Kier molecular flexibility index (Phi) is 4.24. The Balaban J connectivity index is 1.72. The van der Waals surface area contributed by atoms with Gasteiger partial charge in [-0.15, -0.1) is 0 Å². The highest BCUT2D eigenvalue weighted by molar-refractivity contribution is 5.88. The molecule has 114 valence electrons. The maximum Gasteiger partial charge on any atom is 0.272 e. The SMILES string of the molecule is O=C(Cc1n[nH]c(=O)c2ccccc12)N/N=C/c1ccccc1. The van der Waals surface area contributed by atoms with Crippen molar-refractivity contribution in [1.29, 1.82) is 0 Å². The Labute approximate surface area is 131 Å². The number of rotatable bonds is 4. The van der Waals surface area contributed by atoms with Crippen LogP contribution in [0.1, 0.15) is 11.3 Å². The zero-order chi connectivity index (χ0) is 16.1. The first-order valence-electron chi connectivity index (χ1n) is 7.07. The van der Waals surface area contributed by atoms with Crippen LogP contribution >= 0.6 is 0 Å². The van der Waals surface area contributed by atoms with Gasteiger partial charge in [0, 0.05) is 5.39 Å². The van der Waals surface area contributed by atoms with Gasteiger partial charge in [0.05, 0.1) is 23.7 Å². The van der Waals surface area contributed by atoms with Crippen molar-refractivity contribution in [2.24, 2.45) is 5.10 Å². The lowest BCUT2D eigenvalue weighted by Crippen LogP contribution is -2.22. The van der Waals surface area contributed by atoms with Crippen molar-refractivity contribution in [1.82, 2.24) is 15.6 Å². The molecule has 0 aliphatic heterocycles. The molecule has 2 aromatic carbocycles. The largest absolute Gasteiger partial charge is 0.273 e. The molecule has 3 aromatic rings. The highest BCUT2D eigenvalue weighted by atomic mass is 16.2. The number of carbonyl (C=O) groups is 1. The van der Waals surface area contributed by atoms with Gasteiger partial charge in [0.1, 0.15) is 0 Å². The van der Waals surface area contributed by atoms with Crippen LogP contribution in [-0.2, 0) is 11.2 Å². The molecule has 23 heavy (non-hydrogen) atoms. The van der Waals surface area contributed by atoms with E-state index in [-0.39, 0.29) is 17.9 Å². The van der Waals surface area contributed by atoms with Crippen molar-refractivity contribution in [3.63, 3.8) is 0 Å². The lowest BCUT2D eigenvalue weighted by Gasteiger charge is -2.03. The summed E-state index contributed by atoms with van der Waals surface area (Å²) in [7, 11) is 0. The van der Waals surface area contributed by atoms with E-state index in [4.69, 9.17) is 0 Å². The molecule has 3 rings (SSSR count). The fourth-order valence-corrected chi connectivity index (χ4v) is 2.22. The zero-order valence-corrected chi connectivity index (χ0v) is 12.2. The second kappa shape index (κ2) is 6.65. The maximum atomic E-state index is 12.0. The number of nitrogens with zero attached hydrogens (tertiary/aromatic N) is 2. The summed E-state index contributed by atoms with van der Waals surface area (Å²) < 4.78 is 0. The van der Waals surface area contributed by atoms with Gasteiger partial charge in [0.2, 0.25) is 5.91 Å². The highest BCUT2D eigenvalue weighted by Crippen LogP contribution is 2.12. The molecule has 0 saturated carbocycles. The second-order valence-corrected chi connectivity index (χ2v) is 4.93. The number of aromatic nitrogens is 2. The topological polar surface area (TPSA) is 87.2 Å². The first kappa shape index (κ1) is 14.6. The molecule has 1 amide bonds. The number of hydrazone groups is 1. The lowest BCUT2D eigenvalue weighted by atomic mass is 10.1. The molecular formula is C17H14N4O2. The molecule has 0 atom stereocenters. The number of aromatic amines is 1. The summed E-state index contributed by atoms with van der Waals surface area (Å²) in [4.78, 5) is 23.7. The van der Waals surface area contributed by atoms with Crippen molar-refractivity contribution in [3.8, 4) is 0 Å². The Morgan fingerprint density at radius 1 is 1.09 bits per heavy atom. The molecule has 0 bridgehead atoms. The van der Waals surface area contributed by atoms with E-state index < -0.39 is 0 Å². The molecule has 0 fully saturated rings. The molecule has 6 nitrogen and oxygen atoms in total. The van der Waals surface area contributed by atoms with E-state index in [2.05, 4.69) is 20.7 Å². The molecule has 0 spiro atoms. The first-order valence-corrected chi connectivity index (χ1v) is 7.07. The molecule has 2 N–H and O–H groups in total. The predicted molar refractivity (Wildman–Crippen MR) is 88.2 cm³/mol. The van der Waals surface area contributed by atoms with Gasteiger partial charge in [-0.25, -0.2) is 10.5 Å². The Hall–Kier alpha value is -3.28. The number of nitrogens with one attached hydrogen (secondary N) is 2. The molecule has 0 aliphatic carbocycles. The van der Waals surface area contributed by atoms with Crippen LogP contribution in [0.4, 0.5) is 0 Å². The van der Waals surface area contributed by atoms with E-state index in [0.29, 0.717) is 16.5 Å². The highest BCUT2D eigenvalue weighted by Gasteiger charge is 2.09. The van der Waals surface area contributed by atoms with E-state index >= 15 is 0 Å². The number of hydrogen-bond acceptors (Lipinski definition) is 4. The van der Waals surface area contributed by atoms with Gasteiger partial charge in [-0.3, -0.25) is 9.59 Å². The number of hydrogen-bond donors (Lipinski definition) is 2. The molecule has 1 aromatic heterocycles. The third-order valence-electron chi connectivity index (χ3n) is 3.31. The van der Waals surface area contributed by atoms with Gasteiger partial charge in [-0.1, -0.05) is 48.5 Å². The average molecular weight is 306 g/mol. The van der Waals surface area contributed by atoms with Gasteiger partial charge in [0.15, 0.2) is 0 Å². The molecule has 1 heterocycles. The van der Waals surface area contributed by atoms with Gasteiger partial charge in [-0.2, -0.15) is 10.2 Å². The van der Waals surface area contributed by atoms with Crippen molar-refractivity contribution in [2.75, 3.05) is 0 Å². The van der Waals surface area contributed by atoms with Crippen LogP contribution in [0.25, 0.3) is 10.8 Å². The first-order chi connectivity index (χ1) is 11.2. The Morgan fingerprint density at radius 3 is 2.57 bits per heavy atom. The number of carbonyl (C=O) groups excluding carboxylic acids is 1. The van der Waals surface area contributed by atoms with Crippen LogP contribution in [0, 0.1) is 0 Å². The van der Waals surface area contributed by atoms with Crippen molar-refractivity contribution >= 4 is 22.9 Å². The quantitative estimate of drug-likeness (QED) is 0.567. The lowest BCUT2D eigenvalue weighted by molar-refractivity contribution is -0.120. The second-order valence-electron chi connectivity index (χ2n) is 4.93. The van der Waals surface area contributed by atoms with E-state index in [0.717, 1.165) is 5.56 Å². The fraction of sp³-hybridized carbons (Fsp3) is 0.0588. The standard InChI is InChI=1S/C17H14N4O2/c22-16(20-18-11-12-6-2-1-3-7-12)10-15-13-8-4-5-9-14(13)17(23)21-19-15/h1-9,11H,10H2,(H,20,22)(H,21,23)/b18-11+. The third kappa shape index (κ3) is 3.49. The summed E-state index contributed by atoms with van der Waals surface area (Å²) in [5.74, 6) is -0.304. The summed E-state index contributed by atoms with van der Waals surface area (Å²) in [5, 5.41) is 11.5. The molecule has 0 saturated heterocycles. The minimum atomic E-state index is -0.304. The summed E-state index contributed by atoms with van der Waals surface area (Å²) in [6.45, 7) is 0. The van der Waals surface area contributed by atoms with Crippen LogP contribution < -0.4 is 11.0 Å². The van der Waals surface area contributed by atoms with Crippen LogP contribution in [0.3, 0.4) is 0 Å². The minimum Gasteiger partial charge on any atom is -0.273 e. The molecular weight excluding hydrogens is 292 g/mol. The average Bonchev–Trinajstić information content (AvgIpc) is 2.59. The summed E-state index contributed by atoms with van der Waals surface area (Å²) in [6, 6.07) is 16.5. The van der Waals surface area contributed by atoms with E-state index in [1.165, 1.54) is 0 Å². The van der Waals surface area contributed by atoms with Crippen molar-refractivity contribution < 1.29 is 4.79 Å². The van der Waals surface area contributed by atoms with Gasteiger partial charge >= 0.3 is 0 Å². The monoisotopic (exact) mass is 306 g/mol. The molecule has 0 radical (unpaired) electrons. The van der Waals surface area contributed by atoms with Gasteiger partial charge in [0.25, 0.3) is 5.56 Å². The zero-order valence-electron chi connectivity index (χ0n) is 12.2. The number of fused-ring (bicyclic) bond motifs is 1. The van der Waals surface area contributed by atoms with Gasteiger partial charge < -0.3 is 0 Å². The Morgan fingerprint density at radius 2 is 1.78 bits per heavy atom. The van der Waals surface area contributed by atoms with E-state index in [9.17, 15) is 9.59 Å². The van der Waals surface area contributed by atoms with Crippen molar-refractivity contribution in [3.05, 3.63) is 76.2 Å². The van der Waals surface area contributed by atoms with Crippen LogP contribution in [0.5, 0.6) is 0 Å². The summed E-state index contributed by atoms with van der Waals surface area (Å²) in [6.07, 6.45) is 1.60.